The third kappa shape index (κ3) is 8.49. The molecule has 1 aromatic rings. The molecule has 3 rings (SSSR count). The Morgan fingerprint density at radius 1 is 1.05 bits per heavy atom. The SMILES string of the molecule is CO[C@H]1/C=C\C=C(/C)C(=O)NC2=CC(=O)C(c3ccccc3)=C(C[C@@H](C)C[C@H](OC)[C@H](O)[C@@H](C)/C=C(\C)[C@H]1OC(N)=O)C2=O. The van der Waals surface area contributed by atoms with Crippen LogP contribution in [0.3, 0.4) is 0 Å². The number of benzene rings is 1. The number of methoxy groups -OCH3 is 2. The largest absolute Gasteiger partial charge is 0.439 e. The number of nitrogens with one attached hydrogen (secondary N) is 1. The van der Waals surface area contributed by atoms with Gasteiger partial charge in [-0.3, -0.25) is 14.4 Å². The van der Waals surface area contributed by atoms with Gasteiger partial charge in [-0.1, -0.05) is 68.5 Å². The van der Waals surface area contributed by atoms with Crippen LogP contribution in [0.15, 0.2) is 83.1 Å². The van der Waals surface area contributed by atoms with E-state index in [9.17, 15) is 24.3 Å². The van der Waals surface area contributed by atoms with Crippen LogP contribution >= 0.6 is 0 Å². The van der Waals surface area contributed by atoms with E-state index in [-0.39, 0.29) is 40.5 Å². The van der Waals surface area contributed by atoms with Crippen LogP contribution in [-0.4, -0.2) is 67.3 Å². The van der Waals surface area contributed by atoms with Gasteiger partial charge in [-0.15, -0.1) is 0 Å². The lowest BCUT2D eigenvalue weighted by molar-refractivity contribution is -0.119. The molecule has 0 fully saturated rings. The van der Waals surface area contributed by atoms with E-state index in [1.54, 1.807) is 56.3 Å². The highest BCUT2D eigenvalue weighted by atomic mass is 16.6. The van der Waals surface area contributed by atoms with Gasteiger partial charge in [0.2, 0.25) is 5.78 Å². The number of hydrogen-bond donors (Lipinski definition) is 3. The van der Waals surface area contributed by atoms with Crippen molar-refractivity contribution in [3.8, 4) is 0 Å². The highest BCUT2D eigenvalue weighted by Crippen LogP contribution is 2.33. The molecule has 2 amide bonds. The number of ether oxygens (including phenoxy) is 3. The number of rotatable bonds is 4. The number of aliphatic hydroxyl groups is 1. The van der Waals surface area contributed by atoms with Crippen molar-refractivity contribution in [2.45, 2.75) is 65.0 Å². The fourth-order valence-corrected chi connectivity index (χ4v) is 5.51. The molecule has 236 valence electrons. The number of fused-ring (bicyclic) bond motifs is 2. The van der Waals surface area contributed by atoms with Crippen molar-refractivity contribution in [2.24, 2.45) is 17.6 Å². The second kappa shape index (κ2) is 15.6. The van der Waals surface area contributed by atoms with Gasteiger partial charge >= 0.3 is 6.09 Å². The summed E-state index contributed by atoms with van der Waals surface area (Å²) in [6.07, 6.45) is 3.89. The van der Waals surface area contributed by atoms with Gasteiger partial charge in [-0.2, -0.15) is 0 Å². The van der Waals surface area contributed by atoms with Gasteiger partial charge < -0.3 is 30.4 Å². The highest BCUT2D eigenvalue weighted by molar-refractivity contribution is 6.37. The Bertz CT molecular complexity index is 1410. The minimum absolute atomic E-state index is 0.113. The number of Topliss-reactive ketones (excluding diaryl/α,β-unsaturated/α-hetero) is 1. The van der Waals surface area contributed by atoms with Gasteiger partial charge in [0, 0.05) is 42.9 Å². The predicted octanol–water partition coefficient (Wildman–Crippen LogP) is 3.96. The van der Waals surface area contributed by atoms with Crippen molar-refractivity contribution in [3.05, 3.63) is 88.7 Å². The Morgan fingerprint density at radius 3 is 2.34 bits per heavy atom. The maximum atomic E-state index is 13.8. The molecule has 0 unspecified atom stereocenters. The second-order valence-electron chi connectivity index (χ2n) is 11.3. The third-order valence-electron chi connectivity index (χ3n) is 7.86. The van der Waals surface area contributed by atoms with Gasteiger partial charge in [-0.25, -0.2) is 4.79 Å². The standard InChI is InChI=1S/C34H42N2O8/c1-19-15-24-29(23-12-8-7-9-13-23)26(37)18-25(31(24)39)36-33(40)20(2)11-10-14-27(42-5)32(44-34(35)41)22(4)17-21(3)30(38)28(16-19)43-6/h7-14,17-19,21,27-28,30,32,38H,15-16H2,1-6H3,(H2,35,41)(H,36,40)/b14-10-,20-11+,22-17+/t19-,21+,27+,28+,30-,32-/m1/s1. The number of primary amides is 1. The summed E-state index contributed by atoms with van der Waals surface area (Å²) < 4.78 is 16.6. The summed E-state index contributed by atoms with van der Waals surface area (Å²) in [6.45, 7) is 7.03. The summed E-state index contributed by atoms with van der Waals surface area (Å²) in [5.41, 5.74) is 7.26. The number of hydrogen-bond acceptors (Lipinski definition) is 8. The maximum Gasteiger partial charge on any atom is 0.405 e. The van der Waals surface area contributed by atoms with E-state index in [0.717, 1.165) is 6.08 Å². The fourth-order valence-electron chi connectivity index (χ4n) is 5.51. The lowest BCUT2D eigenvalue weighted by Gasteiger charge is -2.30. The van der Waals surface area contributed by atoms with E-state index in [1.807, 2.05) is 19.9 Å². The van der Waals surface area contributed by atoms with Gasteiger partial charge in [0.1, 0.15) is 6.10 Å². The summed E-state index contributed by atoms with van der Waals surface area (Å²) in [6, 6.07) is 8.94. The molecule has 10 heteroatoms. The van der Waals surface area contributed by atoms with Crippen LogP contribution in [0, 0.1) is 11.8 Å². The summed E-state index contributed by atoms with van der Waals surface area (Å²) in [7, 11) is 2.94. The molecule has 1 heterocycles. The summed E-state index contributed by atoms with van der Waals surface area (Å²) in [5.74, 6) is -2.05. The summed E-state index contributed by atoms with van der Waals surface area (Å²) in [4.78, 5) is 52.1. The smallest absolute Gasteiger partial charge is 0.405 e. The van der Waals surface area contributed by atoms with Crippen molar-refractivity contribution in [1.82, 2.24) is 5.32 Å². The molecule has 0 radical (unpaired) electrons. The number of amides is 2. The quantitative estimate of drug-likeness (QED) is 0.344. The first kappa shape index (κ1) is 34.4. The number of carbonyl (C=O) groups is 4. The Kier molecular flexibility index (Phi) is 12.2. The zero-order chi connectivity index (χ0) is 32.6. The van der Waals surface area contributed by atoms with E-state index in [2.05, 4.69) is 5.32 Å². The first-order chi connectivity index (χ1) is 20.9. The van der Waals surface area contributed by atoms with E-state index >= 15 is 0 Å². The Morgan fingerprint density at radius 2 is 1.73 bits per heavy atom. The molecular formula is C34H42N2O8. The average molecular weight is 607 g/mol. The molecule has 0 aromatic heterocycles. The van der Waals surface area contributed by atoms with Crippen molar-refractivity contribution in [3.63, 3.8) is 0 Å². The van der Waals surface area contributed by atoms with Crippen LogP contribution in [-0.2, 0) is 28.6 Å². The molecule has 10 nitrogen and oxygen atoms in total. The molecule has 4 N–H and O–H groups in total. The number of nitrogens with two attached hydrogens (primary N) is 1. The number of aliphatic hydroxyl groups excluding tert-OH is 1. The monoisotopic (exact) mass is 606 g/mol. The van der Waals surface area contributed by atoms with E-state index in [0.29, 0.717) is 17.6 Å². The van der Waals surface area contributed by atoms with E-state index in [4.69, 9.17) is 19.9 Å². The molecule has 1 aliphatic carbocycles. The predicted molar refractivity (Wildman–Crippen MR) is 166 cm³/mol. The normalized spacial score (nSPS) is 30.8. The zero-order valence-corrected chi connectivity index (χ0v) is 26.0. The number of allylic oxidation sites excluding steroid dienone is 5. The van der Waals surface area contributed by atoms with Gasteiger partial charge in [0.05, 0.1) is 17.9 Å². The summed E-state index contributed by atoms with van der Waals surface area (Å²) in [5, 5.41) is 13.9. The molecule has 0 saturated carbocycles. The highest BCUT2D eigenvalue weighted by Gasteiger charge is 2.33. The molecule has 0 spiro atoms. The number of carbonyl (C=O) groups excluding carboxylic acids is 4. The molecule has 1 aromatic carbocycles. The summed E-state index contributed by atoms with van der Waals surface area (Å²) >= 11 is 0. The zero-order valence-electron chi connectivity index (χ0n) is 26.0. The lowest BCUT2D eigenvalue weighted by Crippen LogP contribution is -2.37. The molecule has 44 heavy (non-hydrogen) atoms. The molecule has 1 aliphatic heterocycles. The minimum Gasteiger partial charge on any atom is -0.439 e. The second-order valence-corrected chi connectivity index (χ2v) is 11.3. The van der Waals surface area contributed by atoms with Gasteiger partial charge in [0.15, 0.2) is 11.9 Å². The van der Waals surface area contributed by atoms with Crippen LogP contribution in [0.2, 0.25) is 0 Å². The van der Waals surface area contributed by atoms with Crippen LogP contribution in [0.5, 0.6) is 0 Å². The maximum absolute atomic E-state index is 13.8. The topological polar surface area (TPSA) is 154 Å². The molecule has 0 saturated heterocycles. The minimum atomic E-state index is -0.998. The Labute approximate surface area is 258 Å². The lowest BCUT2D eigenvalue weighted by atomic mass is 9.81. The first-order valence-electron chi connectivity index (χ1n) is 14.5. The Balaban J connectivity index is 2.12. The van der Waals surface area contributed by atoms with Crippen LogP contribution in [0.25, 0.3) is 5.57 Å². The van der Waals surface area contributed by atoms with Crippen LogP contribution < -0.4 is 11.1 Å². The van der Waals surface area contributed by atoms with Crippen LogP contribution in [0.1, 0.15) is 46.1 Å². The molecule has 2 aliphatic rings. The van der Waals surface area contributed by atoms with Crippen molar-refractivity contribution in [1.29, 1.82) is 0 Å². The van der Waals surface area contributed by atoms with Crippen molar-refractivity contribution >= 4 is 29.1 Å². The van der Waals surface area contributed by atoms with Crippen LogP contribution in [0.4, 0.5) is 4.79 Å². The van der Waals surface area contributed by atoms with E-state index < -0.39 is 48.1 Å². The van der Waals surface area contributed by atoms with Crippen molar-refractivity contribution < 1.29 is 38.5 Å². The molecular weight excluding hydrogens is 564 g/mol. The van der Waals surface area contributed by atoms with Gasteiger partial charge in [0.25, 0.3) is 5.91 Å². The Hall–Kier alpha value is -4.12. The number of ketones is 2. The van der Waals surface area contributed by atoms with Crippen molar-refractivity contribution in [2.75, 3.05) is 14.2 Å². The fraction of sp³-hybridized carbons (Fsp3) is 0.412. The molecule has 2 bridgehead atoms. The van der Waals surface area contributed by atoms with E-state index in [1.165, 1.54) is 20.3 Å². The third-order valence-corrected chi connectivity index (χ3v) is 7.86. The first-order valence-corrected chi connectivity index (χ1v) is 14.5. The molecule has 6 atom stereocenters. The average Bonchev–Trinajstić information content (AvgIpc) is 2.98. The van der Waals surface area contributed by atoms with Gasteiger partial charge in [-0.05, 0) is 43.7 Å².